The lowest BCUT2D eigenvalue weighted by Crippen LogP contribution is -2.23. The summed E-state index contributed by atoms with van der Waals surface area (Å²) >= 11 is 0. The van der Waals surface area contributed by atoms with Crippen LogP contribution in [0, 0.1) is 5.92 Å². The van der Waals surface area contributed by atoms with Gasteiger partial charge in [-0.2, -0.15) is 0 Å². The highest BCUT2D eigenvalue weighted by atomic mass is 16.3. The van der Waals surface area contributed by atoms with Crippen LogP contribution in [0.3, 0.4) is 0 Å². The number of hydrogen-bond acceptors (Lipinski definition) is 2. The van der Waals surface area contributed by atoms with E-state index in [4.69, 9.17) is 5.11 Å². The molecule has 0 aromatic rings. The molecule has 2 heteroatoms. The van der Waals surface area contributed by atoms with Gasteiger partial charge in [-0.05, 0) is 5.92 Å². The van der Waals surface area contributed by atoms with Crippen LogP contribution in [0.25, 0.3) is 0 Å². The van der Waals surface area contributed by atoms with Gasteiger partial charge in [0.25, 0.3) is 0 Å². The average Bonchev–Trinajstić information content (AvgIpc) is 1.87. The molecular weight excluding hydrogens is 126 g/mol. The largest absolute Gasteiger partial charge is 0.395 e. The van der Waals surface area contributed by atoms with E-state index in [-0.39, 0.29) is 6.61 Å². The van der Waals surface area contributed by atoms with Crippen LogP contribution in [0.1, 0.15) is 13.8 Å². The molecule has 0 aromatic carbocycles. The standard InChI is InChI=1S/C8H17NO/c1-7(2)8(3)9(4)5-6-10/h7,10H,3,5-6H2,1-2,4H3. The summed E-state index contributed by atoms with van der Waals surface area (Å²) in [5, 5.41) is 8.58. The number of likely N-dealkylation sites (N-methyl/N-ethyl adjacent to an activating group) is 1. The molecule has 0 atom stereocenters. The first-order chi connectivity index (χ1) is 4.59. The first-order valence-electron chi connectivity index (χ1n) is 3.60. The van der Waals surface area contributed by atoms with Crippen molar-refractivity contribution in [1.29, 1.82) is 0 Å². The van der Waals surface area contributed by atoms with Crippen molar-refractivity contribution >= 4 is 0 Å². The normalized spacial score (nSPS) is 10.1. The van der Waals surface area contributed by atoms with Gasteiger partial charge in [0.05, 0.1) is 6.61 Å². The second kappa shape index (κ2) is 4.34. The molecule has 2 nitrogen and oxygen atoms in total. The predicted octanol–water partition coefficient (Wildman–Crippen LogP) is 1.08. The van der Waals surface area contributed by atoms with E-state index < -0.39 is 0 Å². The molecular formula is C8H17NO. The van der Waals surface area contributed by atoms with Gasteiger partial charge < -0.3 is 10.0 Å². The van der Waals surface area contributed by atoms with Crippen molar-refractivity contribution in [2.24, 2.45) is 5.92 Å². The third-order valence-electron chi connectivity index (χ3n) is 1.59. The smallest absolute Gasteiger partial charge is 0.0606 e. The van der Waals surface area contributed by atoms with Crippen molar-refractivity contribution in [2.45, 2.75) is 13.8 Å². The zero-order valence-corrected chi connectivity index (χ0v) is 7.09. The average molecular weight is 143 g/mol. The number of aliphatic hydroxyl groups is 1. The van der Waals surface area contributed by atoms with Crippen LogP contribution in [0.2, 0.25) is 0 Å². The minimum Gasteiger partial charge on any atom is -0.395 e. The lowest BCUT2D eigenvalue weighted by Gasteiger charge is -2.23. The molecule has 0 unspecified atom stereocenters. The predicted molar refractivity (Wildman–Crippen MR) is 43.7 cm³/mol. The molecule has 60 valence electrons. The van der Waals surface area contributed by atoms with Gasteiger partial charge in [-0.3, -0.25) is 0 Å². The fourth-order valence-corrected chi connectivity index (χ4v) is 0.734. The SMILES string of the molecule is C=C(C(C)C)N(C)CCO. The second-order valence-corrected chi connectivity index (χ2v) is 2.79. The summed E-state index contributed by atoms with van der Waals surface area (Å²) in [6, 6.07) is 0. The van der Waals surface area contributed by atoms with Crippen LogP contribution in [0.5, 0.6) is 0 Å². The summed E-state index contributed by atoms with van der Waals surface area (Å²) in [6.07, 6.45) is 0. The Morgan fingerprint density at radius 1 is 1.60 bits per heavy atom. The Hall–Kier alpha value is -0.500. The summed E-state index contributed by atoms with van der Waals surface area (Å²) in [4.78, 5) is 1.98. The maximum absolute atomic E-state index is 8.58. The van der Waals surface area contributed by atoms with E-state index in [2.05, 4.69) is 20.4 Å². The monoisotopic (exact) mass is 143 g/mol. The number of hydrogen-bond donors (Lipinski definition) is 1. The number of allylic oxidation sites excluding steroid dienone is 1. The van der Waals surface area contributed by atoms with Crippen molar-refractivity contribution in [1.82, 2.24) is 4.90 Å². The van der Waals surface area contributed by atoms with Gasteiger partial charge >= 0.3 is 0 Å². The van der Waals surface area contributed by atoms with Gasteiger partial charge in [0.15, 0.2) is 0 Å². The summed E-state index contributed by atoms with van der Waals surface area (Å²) in [5.41, 5.74) is 1.08. The Kier molecular flexibility index (Phi) is 4.12. The van der Waals surface area contributed by atoms with Gasteiger partial charge in [-0.15, -0.1) is 0 Å². The Labute approximate surface area is 63.2 Å². The van der Waals surface area contributed by atoms with Crippen molar-refractivity contribution in [2.75, 3.05) is 20.2 Å². The van der Waals surface area contributed by atoms with Crippen LogP contribution in [0.15, 0.2) is 12.3 Å². The Morgan fingerprint density at radius 2 is 2.10 bits per heavy atom. The van der Waals surface area contributed by atoms with Gasteiger partial charge in [-0.25, -0.2) is 0 Å². The van der Waals surface area contributed by atoms with E-state index in [1.165, 1.54) is 0 Å². The molecule has 0 aromatic heterocycles. The fourth-order valence-electron chi connectivity index (χ4n) is 0.734. The van der Waals surface area contributed by atoms with Gasteiger partial charge in [-0.1, -0.05) is 20.4 Å². The van der Waals surface area contributed by atoms with Gasteiger partial charge in [0.1, 0.15) is 0 Å². The molecule has 0 saturated heterocycles. The van der Waals surface area contributed by atoms with Crippen molar-refractivity contribution in [3.05, 3.63) is 12.3 Å². The maximum Gasteiger partial charge on any atom is 0.0606 e. The Balaban J connectivity index is 3.71. The zero-order chi connectivity index (χ0) is 8.15. The molecule has 0 fully saturated rings. The molecule has 0 saturated carbocycles. The van der Waals surface area contributed by atoms with Crippen molar-refractivity contribution in [3.63, 3.8) is 0 Å². The first kappa shape index (κ1) is 9.50. The zero-order valence-electron chi connectivity index (χ0n) is 7.09. The third kappa shape index (κ3) is 2.87. The fraction of sp³-hybridized carbons (Fsp3) is 0.750. The lowest BCUT2D eigenvalue weighted by atomic mass is 10.1. The molecule has 10 heavy (non-hydrogen) atoms. The van der Waals surface area contributed by atoms with Crippen LogP contribution < -0.4 is 0 Å². The quantitative estimate of drug-likeness (QED) is 0.636. The summed E-state index contributed by atoms with van der Waals surface area (Å²) in [7, 11) is 1.94. The molecule has 0 amide bonds. The molecule has 0 rings (SSSR count). The van der Waals surface area contributed by atoms with Crippen LogP contribution in [-0.4, -0.2) is 30.2 Å². The minimum atomic E-state index is 0.197. The van der Waals surface area contributed by atoms with E-state index in [0.717, 1.165) is 5.70 Å². The minimum absolute atomic E-state index is 0.197. The van der Waals surface area contributed by atoms with E-state index in [1.54, 1.807) is 0 Å². The van der Waals surface area contributed by atoms with Crippen LogP contribution in [-0.2, 0) is 0 Å². The molecule has 1 N–H and O–H groups in total. The third-order valence-corrected chi connectivity index (χ3v) is 1.59. The Bertz CT molecular complexity index is 110. The number of aliphatic hydroxyl groups excluding tert-OH is 1. The molecule has 0 heterocycles. The van der Waals surface area contributed by atoms with E-state index >= 15 is 0 Å². The van der Waals surface area contributed by atoms with Gasteiger partial charge in [0, 0.05) is 19.3 Å². The number of nitrogens with zero attached hydrogens (tertiary/aromatic N) is 1. The van der Waals surface area contributed by atoms with Crippen molar-refractivity contribution in [3.8, 4) is 0 Å². The molecule has 0 aliphatic heterocycles. The highest BCUT2D eigenvalue weighted by Crippen LogP contribution is 2.09. The van der Waals surface area contributed by atoms with E-state index in [9.17, 15) is 0 Å². The molecule has 0 aliphatic rings. The summed E-state index contributed by atoms with van der Waals surface area (Å²) < 4.78 is 0. The lowest BCUT2D eigenvalue weighted by molar-refractivity contribution is 0.238. The molecule has 0 bridgehead atoms. The van der Waals surface area contributed by atoms with E-state index in [0.29, 0.717) is 12.5 Å². The second-order valence-electron chi connectivity index (χ2n) is 2.79. The van der Waals surface area contributed by atoms with Crippen LogP contribution >= 0.6 is 0 Å². The summed E-state index contributed by atoms with van der Waals surface area (Å²) in [6.45, 7) is 8.95. The van der Waals surface area contributed by atoms with Gasteiger partial charge in [0.2, 0.25) is 0 Å². The number of rotatable bonds is 4. The first-order valence-corrected chi connectivity index (χ1v) is 3.60. The van der Waals surface area contributed by atoms with Crippen LogP contribution in [0.4, 0.5) is 0 Å². The highest BCUT2D eigenvalue weighted by Gasteiger charge is 2.03. The maximum atomic E-state index is 8.58. The van der Waals surface area contributed by atoms with Crippen molar-refractivity contribution < 1.29 is 5.11 Å². The summed E-state index contributed by atoms with van der Waals surface area (Å²) in [5.74, 6) is 0.469. The molecule has 0 spiro atoms. The topological polar surface area (TPSA) is 23.5 Å². The van der Waals surface area contributed by atoms with E-state index in [1.807, 2.05) is 11.9 Å². The molecule has 0 radical (unpaired) electrons. The Morgan fingerprint density at radius 3 is 2.40 bits per heavy atom. The highest BCUT2D eigenvalue weighted by molar-refractivity contribution is 4.95. The molecule has 0 aliphatic carbocycles.